The molecule has 0 saturated heterocycles. The van der Waals surface area contributed by atoms with Crippen molar-refractivity contribution < 1.29 is 4.74 Å². The second-order valence-corrected chi connectivity index (χ2v) is 7.18. The monoisotopic (exact) mass is 379 g/mol. The number of ether oxygens (including phenoxy) is 1. The van der Waals surface area contributed by atoms with Crippen LogP contribution in [-0.4, -0.2) is 33.4 Å². The normalized spacial score (nSPS) is 11.2. The Labute approximate surface area is 161 Å². The molecule has 1 aromatic carbocycles. The van der Waals surface area contributed by atoms with Crippen molar-refractivity contribution in [2.45, 2.75) is 20.1 Å². The van der Waals surface area contributed by atoms with E-state index in [0.29, 0.717) is 12.4 Å². The van der Waals surface area contributed by atoms with E-state index in [1.165, 1.54) is 0 Å². The van der Waals surface area contributed by atoms with E-state index in [9.17, 15) is 0 Å². The van der Waals surface area contributed by atoms with E-state index < -0.39 is 0 Å². The van der Waals surface area contributed by atoms with Crippen LogP contribution in [0.25, 0.3) is 21.3 Å². The Morgan fingerprint density at radius 1 is 1.19 bits per heavy atom. The largest absolute Gasteiger partial charge is 0.377 e. The summed E-state index contributed by atoms with van der Waals surface area (Å²) < 4.78 is 7.17. The van der Waals surface area contributed by atoms with Gasteiger partial charge in [0.05, 0.1) is 18.1 Å². The molecule has 1 N–H and O–H groups in total. The van der Waals surface area contributed by atoms with Gasteiger partial charge >= 0.3 is 0 Å². The van der Waals surface area contributed by atoms with Gasteiger partial charge in [-0.3, -0.25) is 4.68 Å². The lowest BCUT2D eigenvalue weighted by Crippen LogP contribution is -2.13. The lowest BCUT2D eigenvalue weighted by atomic mass is 10.1. The van der Waals surface area contributed by atoms with Gasteiger partial charge in [-0.25, -0.2) is 9.97 Å². The molecule has 6 nitrogen and oxygen atoms in total. The van der Waals surface area contributed by atoms with Crippen LogP contribution in [0.15, 0.2) is 48.1 Å². The highest BCUT2D eigenvalue weighted by Gasteiger charge is 2.15. The number of thiophene rings is 1. The molecule has 0 atom stereocenters. The predicted molar refractivity (Wildman–Crippen MR) is 109 cm³/mol. The molecule has 0 radical (unpaired) electrons. The highest BCUT2D eigenvalue weighted by atomic mass is 32.1. The van der Waals surface area contributed by atoms with Crippen molar-refractivity contribution in [3.63, 3.8) is 0 Å². The van der Waals surface area contributed by atoms with Crippen LogP contribution in [0, 0.1) is 6.92 Å². The third kappa shape index (κ3) is 3.84. The fourth-order valence-electron chi connectivity index (χ4n) is 3.02. The first kappa shape index (κ1) is 17.6. The van der Waals surface area contributed by atoms with Crippen LogP contribution >= 0.6 is 11.3 Å². The van der Waals surface area contributed by atoms with E-state index >= 15 is 0 Å². The Bertz CT molecular complexity index is 1040. The van der Waals surface area contributed by atoms with Gasteiger partial charge in [-0.15, -0.1) is 11.3 Å². The lowest BCUT2D eigenvalue weighted by molar-refractivity contribution is 0.178. The van der Waals surface area contributed by atoms with Crippen LogP contribution in [0.2, 0.25) is 0 Å². The number of hydrogen-bond donors (Lipinski definition) is 1. The van der Waals surface area contributed by atoms with Gasteiger partial charge in [0, 0.05) is 30.8 Å². The molecule has 0 bridgehead atoms. The Morgan fingerprint density at radius 2 is 2.04 bits per heavy atom. The summed E-state index contributed by atoms with van der Waals surface area (Å²) in [7, 11) is 1.66. The Kier molecular flexibility index (Phi) is 5.13. The van der Waals surface area contributed by atoms with Gasteiger partial charge in [0.25, 0.3) is 0 Å². The topological polar surface area (TPSA) is 64.9 Å². The maximum atomic E-state index is 5.24. The molecule has 3 heterocycles. The fraction of sp³-hybridized carbons (Fsp3) is 0.250. The number of hydrogen-bond acceptors (Lipinski definition) is 6. The standard InChI is InChI=1S/C20H21N5OS/c1-14-10-22-25(11-14)9-8-21-19-18-16(15-6-4-3-5-7-15)13-27-20(18)24-17(23-19)12-26-2/h3-7,10-11,13H,8-9,12H2,1-2H3,(H,21,23,24). The van der Waals surface area contributed by atoms with E-state index in [4.69, 9.17) is 9.72 Å². The van der Waals surface area contributed by atoms with E-state index in [0.717, 1.165) is 45.8 Å². The summed E-state index contributed by atoms with van der Waals surface area (Å²) in [6.07, 6.45) is 3.90. The van der Waals surface area contributed by atoms with Gasteiger partial charge in [0.2, 0.25) is 0 Å². The zero-order valence-corrected chi connectivity index (χ0v) is 16.2. The molecule has 3 aromatic heterocycles. The SMILES string of the molecule is COCc1nc(NCCn2cc(C)cn2)c2c(-c3ccccc3)csc2n1. The number of benzene rings is 1. The van der Waals surface area contributed by atoms with Gasteiger partial charge in [0.15, 0.2) is 5.82 Å². The molecule has 4 rings (SSSR count). The zero-order valence-electron chi connectivity index (χ0n) is 15.3. The van der Waals surface area contributed by atoms with Crippen molar-refractivity contribution in [2.24, 2.45) is 0 Å². The van der Waals surface area contributed by atoms with Crippen molar-refractivity contribution in [3.8, 4) is 11.1 Å². The summed E-state index contributed by atoms with van der Waals surface area (Å²) >= 11 is 1.63. The molecule has 0 fully saturated rings. The zero-order chi connectivity index (χ0) is 18.6. The molecule has 0 saturated carbocycles. The first-order valence-electron chi connectivity index (χ1n) is 8.80. The second kappa shape index (κ2) is 7.85. The minimum atomic E-state index is 0.390. The fourth-order valence-corrected chi connectivity index (χ4v) is 3.98. The maximum Gasteiger partial charge on any atom is 0.158 e. The van der Waals surface area contributed by atoms with Crippen LogP contribution < -0.4 is 5.32 Å². The number of aromatic nitrogens is 4. The second-order valence-electron chi connectivity index (χ2n) is 6.32. The summed E-state index contributed by atoms with van der Waals surface area (Å²) in [5, 5.41) is 11.0. The van der Waals surface area contributed by atoms with Gasteiger partial charge in [0.1, 0.15) is 17.3 Å². The van der Waals surface area contributed by atoms with Crippen molar-refractivity contribution in [3.05, 3.63) is 59.5 Å². The van der Waals surface area contributed by atoms with Crippen molar-refractivity contribution in [1.82, 2.24) is 19.7 Å². The van der Waals surface area contributed by atoms with Crippen molar-refractivity contribution in [1.29, 1.82) is 0 Å². The van der Waals surface area contributed by atoms with Gasteiger partial charge < -0.3 is 10.1 Å². The summed E-state index contributed by atoms with van der Waals surface area (Å²) in [6.45, 7) is 3.93. The maximum absolute atomic E-state index is 5.24. The molecule has 0 unspecified atom stereocenters. The molecule has 4 aromatic rings. The number of methoxy groups -OCH3 is 1. The Balaban J connectivity index is 1.68. The number of rotatable bonds is 7. The number of nitrogens with one attached hydrogen (secondary N) is 1. The van der Waals surface area contributed by atoms with Crippen LogP contribution in [-0.2, 0) is 17.9 Å². The average Bonchev–Trinajstić information content (AvgIpc) is 3.29. The molecule has 7 heteroatoms. The molecule has 0 aliphatic heterocycles. The van der Waals surface area contributed by atoms with Crippen LogP contribution in [0.3, 0.4) is 0 Å². The highest BCUT2D eigenvalue weighted by molar-refractivity contribution is 7.17. The molecular formula is C20H21N5OS. The number of aryl methyl sites for hydroxylation is 1. The van der Waals surface area contributed by atoms with E-state index in [1.807, 2.05) is 42.2 Å². The quantitative estimate of drug-likeness (QED) is 0.523. The lowest BCUT2D eigenvalue weighted by Gasteiger charge is -2.11. The summed E-state index contributed by atoms with van der Waals surface area (Å²) in [6, 6.07) is 10.3. The molecule has 0 spiro atoms. The molecule has 0 aliphatic rings. The van der Waals surface area contributed by atoms with Crippen molar-refractivity contribution in [2.75, 3.05) is 19.0 Å². The predicted octanol–water partition coefficient (Wildman–Crippen LogP) is 4.12. The summed E-state index contributed by atoms with van der Waals surface area (Å²) in [4.78, 5) is 10.3. The minimum Gasteiger partial charge on any atom is -0.377 e. The van der Waals surface area contributed by atoms with Crippen LogP contribution in [0.1, 0.15) is 11.4 Å². The third-order valence-corrected chi connectivity index (χ3v) is 5.11. The van der Waals surface area contributed by atoms with Gasteiger partial charge in [-0.1, -0.05) is 30.3 Å². The Hall–Kier alpha value is -2.77. The van der Waals surface area contributed by atoms with Crippen molar-refractivity contribution >= 4 is 27.4 Å². The molecule has 0 amide bonds. The van der Waals surface area contributed by atoms with Crippen LogP contribution in [0.5, 0.6) is 0 Å². The molecule has 27 heavy (non-hydrogen) atoms. The third-order valence-electron chi connectivity index (χ3n) is 4.23. The highest BCUT2D eigenvalue weighted by Crippen LogP contribution is 2.36. The number of anilines is 1. The molecule has 138 valence electrons. The van der Waals surface area contributed by atoms with Gasteiger partial charge in [-0.05, 0) is 18.1 Å². The van der Waals surface area contributed by atoms with Gasteiger partial charge in [-0.2, -0.15) is 5.10 Å². The molecular weight excluding hydrogens is 358 g/mol. The van der Waals surface area contributed by atoms with E-state index in [2.05, 4.69) is 32.9 Å². The Morgan fingerprint density at radius 3 is 2.78 bits per heavy atom. The van der Waals surface area contributed by atoms with Crippen LogP contribution in [0.4, 0.5) is 5.82 Å². The number of nitrogens with zero attached hydrogens (tertiary/aromatic N) is 4. The smallest absolute Gasteiger partial charge is 0.158 e. The van der Waals surface area contributed by atoms with E-state index in [-0.39, 0.29) is 0 Å². The van der Waals surface area contributed by atoms with E-state index in [1.54, 1.807) is 18.4 Å². The minimum absolute atomic E-state index is 0.390. The first-order valence-corrected chi connectivity index (χ1v) is 9.68. The first-order chi connectivity index (χ1) is 13.2. The number of fused-ring (bicyclic) bond motifs is 1. The summed E-state index contributed by atoms with van der Waals surface area (Å²) in [5.74, 6) is 1.53. The molecule has 0 aliphatic carbocycles. The average molecular weight is 379 g/mol. The summed E-state index contributed by atoms with van der Waals surface area (Å²) in [5.41, 5.74) is 3.47.